The van der Waals surface area contributed by atoms with Gasteiger partial charge >= 0.3 is 6.03 Å². The summed E-state index contributed by atoms with van der Waals surface area (Å²) < 4.78 is 1.03. The summed E-state index contributed by atoms with van der Waals surface area (Å²) >= 11 is 2.20. The fourth-order valence-corrected chi connectivity index (χ4v) is 2.22. The summed E-state index contributed by atoms with van der Waals surface area (Å²) in [5.74, 6) is 0. The molecule has 0 radical (unpaired) electrons. The maximum Gasteiger partial charge on any atom is 0.319 e. The Bertz CT molecular complexity index is 543. The van der Waals surface area contributed by atoms with Crippen LogP contribution in [0.25, 0.3) is 0 Å². The summed E-state index contributed by atoms with van der Waals surface area (Å²) in [6, 6.07) is 17.6. The third kappa shape index (κ3) is 4.55. The van der Waals surface area contributed by atoms with Gasteiger partial charge in [0.25, 0.3) is 0 Å². The Kier molecular flexibility index (Phi) is 5.20. The van der Waals surface area contributed by atoms with Crippen LogP contribution in [0, 0.1) is 3.57 Å². The molecule has 2 aromatic carbocycles. The van der Waals surface area contributed by atoms with E-state index in [1.54, 1.807) is 0 Å². The highest BCUT2D eigenvalue weighted by atomic mass is 127. The number of nitrogens with one attached hydrogen (secondary N) is 2. The van der Waals surface area contributed by atoms with Gasteiger partial charge in [0.15, 0.2) is 0 Å². The number of para-hydroxylation sites is 1. The van der Waals surface area contributed by atoms with Gasteiger partial charge in [-0.05, 0) is 46.7 Å². The molecule has 2 amide bonds. The first-order chi connectivity index (χ1) is 9.25. The zero-order chi connectivity index (χ0) is 13.5. The van der Waals surface area contributed by atoms with Crippen LogP contribution in [0.4, 0.5) is 10.5 Å². The lowest BCUT2D eigenvalue weighted by Gasteiger charge is -2.09. The molecule has 0 unspecified atom stereocenters. The summed E-state index contributed by atoms with van der Waals surface area (Å²) in [7, 11) is 0. The molecule has 0 saturated carbocycles. The molecule has 0 fully saturated rings. The molecule has 3 nitrogen and oxygen atoms in total. The van der Waals surface area contributed by atoms with Crippen molar-refractivity contribution in [1.29, 1.82) is 0 Å². The predicted molar refractivity (Wildman–Crippen MR) is 86.3 cm³/mol. The van der Waals surface area contributed by atoms with Crippen molar-refractivity contribution in [1.82, 2.24) is 5.32 Å². The predicted octanol–water partition coefficient (Wildman–Crippen LogP) is 3.66. The summed E-state index contributed by atoms with van der Waals surface area (Å²) in [4.78, 5) is 11.7. The van der Waals surface area contributed by atoms with E-state index < -0.39 is 0 Å². The lowest BCUT2D eigenvalue weighted by molar-refractivity contribution is 0.252. The molecule has 0 saturated heterocycles. The Labute approximate surface area is 126 Å². The molecule has 98 valence electrons. The van der Waals surface area contributed by atoms with Crippen LogP contribution < -0.4 is 10.6 Å². The fourth-order valence-electron chi connectivity index (χ4n) is 1.69. The number of amides is 2. The van der Waals surface area contributed by atoms with Gasteiger partial charge in [0, 0.05) is 10.1 Å². The van der Waals surface area contributed by atoms with E-state index in [2.05, 4.69) is 45.4 Å². The van der Waals surface area contributed by atoms with Crippen LogP contribution >= 0.6 is 22.6 Å². The van der Waals surface area contributed by atoms with E-state index >= 15 is 0 Å². The quantitative estimate of drug-likeness (QED) is 0.797. The van der Waals surface area contributed by atoms with E-state index in [1.807, 2.05) is 42.5 Å². The second-order valence-corrected chi connectivity index (χ2v) is 5.26. The molecule has 2 rings (SSSR count). The van der Waals surface area contributed by atoms with Crippen molar-refractivity contribution >= 4 is 34.3 Å². The molecule has 19 heavy (non-hydrogen) atoms. The summed E-state index contributed by atoms with van der Waals surface area (Å²) in [5, 5.41) is 5.69. The standard InChI is InChI=1S/C15H15IN2O/c16-13-8-4-5-9-14(13)18-15(19)17-11-10-12-6-2-1-3-7-12/h1-9H,10-11H2,(H2,17,18,19). The van der Waals surface area contributed by atoms with Gasteiger partial charge in [-0.1, -0.05) is 42.5 Å². The minimum atomic E-state index is -0.167. The Morgan fingerprint density at radius 3 is 2.42 bits per heavy atom. The van der Waals surface area contributed by atoms with Crippen molar-refractivity contribution in [3.05, 3.63) is 63.7 Å². The first-order valence-corrected chi connectivity index (χ1v) is 7.17. The van der Waals surface area contributed by atoms with E-state index in [1.165, 1.54) is 5.56 Å². The van der Waals surface area contributed by atoms with Crippen molar-refractivity contribution in [2.24, 2.45) is 0 Å². The normalized spacial score (nSPS) is 9.95. The minimum Gasteiger partial charge on any atom is -0.338 e. The van der Waals surface area contributed by atoms with E-state index in [0.29, 0.717) is 6.54 Å². The Hall–Kier alpha value is -1.56. The molecular weight excluding hydrogens is 351 g/mol. The summed E-state index contributed by atoms with van der Waals surface area (Å²) in [6.45, 7) is 0.624. The van der Waals surface area contributed by atoms with E-state index in [9.17, 15) is 4.79 Å². The Balaban J connectivity index is 1.78. The van der Waals surface area contributed by atoms with Gasteiger partial charge in [-0.3, -0.25) is 0 Å². The number of hydrogen-bond acceptors (Lipinski definition) is 1. The SMILES string of the molecule is O=C(NCCc1ccccc1)Nc1ccccc1I. The first kappa shape index (κ1) is 13.9. The van der Waals surface area contributed by atoms with Crippen LogP contribution in [0.2, 0.25) is 0 Å². The molecule has 0 bridgehead atoms. The number of carbonyl (C=O) groups is 1. The largest absolute Gasteiger partial charge is 0.338 e. The van der Waals surface area contributed by atoms with Gasteiger partial charge in [-0.25, -0.2) is 4.79 Å². The zero-order valence-electron chi connectivity index (χ0n) is 10.4. The topological polar surface area (TPSA) is 41.1 Å². The van der Waals surface area contributed by atoms with Gasteiger partial charge in [0.2, 0.25) is 0 Å². The van der Waals surface area contributed by atoms with Crippen LogP contribution in [0.1, 0.15) is 5.56 Å². The first-order valence-electron chi connectivity index (χ1n) is 6.09. The van der Waals surface area contributed by atoms with Crippen molar-refractivity contribution in [2.45, 2.75) is 6.42 Å². The maximum atomic E-state index is 11.7. The van der Waals surface area contributed by atoms with E-state index in [0.717, 1.165) is 15.7 Å². The maximum absolute atomic E-state index is 11.7. The smallest absolute Gasteiger partial charge is 0.319 e. The number of rotatable bonds is 4. The summed E-state index contributed by atoms with van der Waals surface area (Å²) in [6.07, 6.45) is 0.833. The highest BCUT2D eigenvalue weighted by Crippen LogP contribution is 2.16. The molecule has 0 atom stereocenters. The van der Waals surface area contributed by atoms with Crippen LogP contribution in [0.5, 0.6) is 0 Å². The number of halogens is 1. The van der Waals surface area contributed by atoms with Crippen LogP contribution in [0.15, 0.2) is 54.6 Å². The van der Waals surface area contributed by atoms with Crippen molar-refractivity contribution in [3.63, 3.8) is 0 Å². The van der Waals surface area contributed by atoms with E-state index in [4.69, 9.17) is 0 Å². The third-order valence-corrected chi connectivity index (χ3v) is 3.60. The van der Waals surface area contributed by atoms with Gasteiger partial charge < -0.3 is 10.6 Å². The number of urea groups is 1. The molecule has 0 aliphatic rings. The molecule has 4 heteroatoms. The third-order valence-electron chi connectivity index (χ3n) is 2.66. The molecule has 0 heterocycles. The molecular formula is C15H15IN2O. The Morgan fingerprint density at radius 1 is 1.00 bits per heavy atom. The monoisotopic (exact) mass is 366 g/mol. The van der Waals surface area contributed by atoms with Crippen LogP contribution in [-0.4, -0.2) is 12.6 Å². The molecule has 0 aliphatic heterocycles. The van der Waals surface area contributed by atoms with Gasteiger partial charge in [0.05, 0.1) is 5.69 Å². The number of anilines is 1. The minimum absolute atomic E-state index is 0.167. The number of carbonyl (C=O) groups excluding carboxylic acids is 1. The van der Waals surface area contributed by atoms with Gasteiger partial charge in [0.1, 0.15) is 0 Å². The molecule has 0 aromatic heterocycles. The van der Waals surface area contributed by atoms with E-state index in [-0.39, 0.29) is 6.03 Å². The second kappa shape index (κ2) is 7.13. The van der Waals surface area contributed by atoms with Crippen LogP contribution in [-0.2, 0) is 6.42 Å². The van der Waals surface area contributed by atoms with Gasteiger partial charge in [-0.15, -0.1) is 0 Å². The number of benzene rings is 2. The van der Waals surface area contributed by atoms with Crippen molar-refractivity contribution in [2.75, 3.05) is 11.9 Å². The highest BCUT2D eigenvalue weighted by Gasteiger charge is 2.03. The van der Waals surface area contributed by atoms with Gasteiger partial charge in [-0.2, -0.15) is 0 Å². The molecule has 2 aromatic rings. The highest BCUT2D eigenvalue weighted by molar-refractivity contribution is 14.1. The number of hydrogen-bond donors (Lipinski definition) is 2. The van der Waals surface area contributed by atoms with Crippen LogP contribution in [0.3, 0.4) is 0 Å². The molecule has 0 aliphatic carbocycles. The summed E-state index contributed by atoms with van der Waals surface area (Å²) in [5.41, 5.74) is 2.05. The Morgan fingerprint density at radius 2 is 1.68 bits per heavy atom. The molecule has 0 spiro atoms. The van der Waals surface area contributed by atoms with Crippen molar-refractivity contribution < 1.29 is 4.79 Å². The zero-order valence-corrected chi connectivity index (χ0v) is 12.6. The average molecular weight is 366 g/mol. The average Bonchev–Trinajstić information content (AvgIpc) is 2.43. The molecule has 2 N–H and O–H groups in total. The lowest BCUT2D eigenvalue weighted by Crippen LogP contribution is -2.30. The lowest BCUT2D eigenvalue weighted by atomic mass is 10.1. The van der Waals surface area contributed by atoms with Crippen molar-refractivity contribution in [3.8, 4) is 0 Å². The fraction of sp³-hybridized carbons (Fsp3) is 0.133. The second-order valence-electron chi connectivity index (χ2n) is 4.10.